The summed E-state index contributed by atoms with van der Waals surface area (Å²) < 4.78 is 5.32. The summed E-state index contributed by atoms with van der Waals surface area (Å²) >= 11 is 0. The number of rotatable bonds is 4. The highest BCUT2D eigenvalue weighted by molar-refractivity contribution is 5.80. The summed E-state index contributed by atoms with van der Waals surface area (Å²) in [6.45, 7) is 2.01. The van der Waals surface area contributed by atoms with Crippen LogP contribution in [-0.4, -0.2) is 19.1 Å². The molecule has 0 spiro atoms. The number of amides is 1. The summed E-state index contributed by atoms with van der Waals surface area (Å²) in [7, 11) is 1.74. The maximum absolute atomic E-state index is 12.1. The van der Waals surface area contributed by atoms with Gasteiger partial charge in [0.1, 0.15) is 0 Å². The molecule has 0 heterocycles. The Morgan fingerprint density at radius 1 is 1.21 bits per heavy atom. The van der Waals surface area contributed by atoms with Gasteiger partial charge < -0.3 is 4.74 Å². The van der Waals surface area contributed by atoms with E-state index in [2.05, 4.69) is 10.9 Å². The van der Waals surface area contributed by atoms with Gasteiger partial charge >= 0.3 is 0 Å². The first-order valence-electron chi connectivity index (χ1n) is 6.85. The Hall–Kier alpha value is -1.55. The lowest BCUT2D eigenvalue weighted by molar-refractivity contribution is -0.126. The molecule has 2 N–H and O–H groups in total. The fourth-order valence-electron chi connectivity index (χ4n) is 2.50. The lowest BCUT2D eigenvalue weighted by Crippen LogP contribution is -2.37. The highest BCUT2D eigenvalue weighted by Gasteiger charge is 2.26. The highest BCUT2D eigenvalue weighted by Crippen LogP contribution is 2.26. The molecule has 0 atom stereocenters. The van der Waals surface area contributed by atoms with Crippen molar-refractivity contribution in [3.8, 4) is 0 Å². The zero-order chi connectivity index (χ0) is 13.7. The maximum Gasteiger partial charge on any atom is 0.241 e. The number of nitrogens with one attached hydrogen (secondary N) is 2. The van der Waals surface area contributed by atoms with Crippen LogP contribution in [0.15, 0.2) is 24.3 Å². The van der Waals surface area contributed by atoms with Gasteiger partial charge in [-0.2, -0.15) is 0 Å². The fraction of sp³-hybridized carbons (Fsp3) is 0.533. The Labute approximate surface area is 114 Å². The van der Waals surface area contributed by atoms with Crippen molar-refractivity contribution in [2.24, 2.45) is 5.92 Å². The number of hydrogen-bond donors (Lipinski definition) is 2. The second kappa shape index (κ2) is 6.57. The van der Waals surface area contributed by atoms with Crippen molar-refractivity contribution >= 4 is 11.6 Å². The molecule has 0 radical (unpaired) electrons. The normalized spacial score (nSPS) is 22.8. The van der Waals surface area contributed by atoms with E-state index in [-0.39, 0.29) is 11.8 Å². The van der Waals surface area contributed by atoms with Crippen molar-refractivity contribution in [3.05, 3.63) is 29.8 Å². The first-order chi connectivity index (χ1) is 9.20. The zero-order valence-corrected chi connectivity index (χ0v) is 11.6. The lowest BCUT2D eigenvalue weighted by atomic mass is 9.87. The average Bonchev–Trinajstić information content (AvgIpc) is 2.46. The van der Waals surface area contributed by atoms with Crippen molar-refractivity contribution < 1.29 is 9.53 Å². The van der Waals surface area contributed by atoms with E-state index in [0.29, 0.717) is 6.10 Å². The highest BCUT2D eigenvalue weighted by atomic mass is 16.5. The van der Waals surface area contributed by atoms with Crippen molar-refractivity contribution in [2.45, 2.75) is 38.7 Å². The third kappa shape index (κ3) is 3.70. The number of anilines is 1. The van der Waals surface area contributed by atoms with Crippen molar-refractivity contribution in [2.75, 3.05) is 12.5 Å². The Morgan fingerprint density at radius 3 is 2.53 bits per heavy atom. The molecule has 104 valence electrons. The van der Waals surface area contributed by atoms with Crippen LogP contribution in [0.1, 0.15) is 31.2 Å². The molecule has 1 aromatic rings. The molecule has 1 amide bonds. The number of aryl methyl sites for hydroxylation is 1. The molecule has 1 aromatic carbocycles. The minimum atomic E-state index is 0.0813. The van der Waals surface area contributed by atoms with Crippen LogP contribution in [0.4, 0.5) is 5.69 Å². The van der Waals surface area contributed by atoms with Gasteiger partial charge in [-0.05, 0) is 44.2 Å². The number of para-hydroxylation sites is 1. The van der Waals surface area contributed by atoms with Gasteiger partial charge in [0.2, 0.25) is 5.91 Å². The predicted octanol–water partition coefficient (Wildman–Crippen LogP) is 2.64. The molecule has 4 heteroatoms. The summed E-state index contributed by atoms with van der Waals surface area (Å²) in [5.41, 5.74) is 7.88. The number of hydrogen-bond acceptors (Lipinski definition) is 3. The van der Waals surface area contributed by atoms with Crippen LogP contribution in [0, 0.1) is 12.8 Å². The molecule has 1 saturated carbocycles. The third-order valence-electron chi connectivity index (χ3n) is 3.84. The first-order valence-corrected chi connectivity index (χ1v) is 6.85. The number of benzene rings is 1. The standard InChI is InChI=1S/C15H22N2O2/c1-11-5-3-4-6-14(11)16-17-15(18)12-7-9-13(19-2)10-8-12/h3-6,12-13,16H,7-10H2,1-2H3,(H,17,18). The van der Waals surface area contributed by atoms with Crippen LogP contribution in [0.2, 0.25) is 0 Å². The van der Waals surface area contributed by atoms with Gasteiger partial charge in [-0.25, -0.2) is 0 Å². The number of methoxy groups -OCH3 is 1. The molecule has 0 aliphatic heterocycles. The van der Waals surface area contributed by atoms with Gasteiger partial charge in [-0.15, -0.1) is 0 Å². The van der Waals surface area contributed by atoms with Crippen LogP contribution in [0.3, 0.4) is 0 Å². The van der Waals surface area contributed by atoms with Gasteiger partial charge in [0, 0.05) is 13.0 Å². The van der Waals surface area contributed by atoms with Crippen LogP contribution >= 0.6 is 0 Å². The molecular weight excluding hydrogens is 240 g/mol. The molecule has 0 saturated heterocycles. The van der Waals surface area contributed by atoms with E-state index in [1.54, 1.807) is 7.11 Å². The molecule has 0 aromatic heterocycles. The number of carbonyl (C=O) groups excluding carboxylic acids is 1. The monoisotopic (exact) mass is 262 g/mol. The third-order valence-corrected chi connectivity index (χ3v) is 3.84. The summed E-state index contributed by atoms with van der Waals surface area (Å²) in [5, 5.41) is 0. The van der Waals surface area contributed by atoms with Crippen molar-refractivity contribution in [1.82, 2.24) is 5.43 Å². The lowest BCUT2D eigenvalue weighted by Gasteiger charge is -2.26. The molecule has 0 bridgehead atoms. The number of ether oxygens (including phenoxy) is 1. The second-order valence-electron chi connectivity index (χ2n) is 5.14. The fourth-order valence-corrected chi connectivity index (χ4v) is 2.50. The second-order valence-corrected chi connectivity index (χ2v) is 5.14. The largest absolute Gasteiger partial charge is 0.381 e. The van der Waals surface area contributed by atoms with E-state index in [1.807, 2.05) is 31.2 Å². The number of carbonyl (C=O) groups is 1. The zero-order valence-electron chi connectivity index (χ0n) is 11.6. The first kappa shape index (κ1) is 13.9. The molecule has 19 heavy (non-hydrogen) atoms. The van der Waals surface area contributed by atoms with E-state index < -0.39 is 0 Å². The molecule has 1 aliphatic carbocycles. The quantitative estimate of drug-likeness (QED) is 0.820. The minimum absolute atomic E-state index is 0.0813. The van der Waals surface area contributed by atoms with E-state index in [4.69, 9.17) is 4.74 Å². The summed E-state index contributed by atoms with van der Waals surface area (Å²) in [6, 6.07) is 7.90. The topological polar surface area (TPSA) is 50.4 Å². The van der Waals surface area contributed by atoms with Gasteiger partial charge in [0.25, 0.3) is 0 Å². The molecule has 4 nitrogen and oxygen atoms in total. The Morgan fingerprint density at radius 2 is 1.89 bits per heavy atom. The molecular formula is C15H22N2O2. The molecule has 2 rings (SSSR count). The van der Waals surface area contributed by atoms with Crippen molar-refractivity contribution in [1.29, 1.82) is 0 Å². The van der Waals surface area contributed by atoms with E-state index in [0.717, 1.165) is 36.9 Å². The molecule has 1 aliphatic rings. The SMILES string of the molecule is COC1CCC(C(=O)NNc2ccccc2C)CC1. The minimum Gasteiger partial charge on any atom is -0.381 e. The average molecular weight is 262 g/mol. The van der Waals surface area contributed by atoms with E-state index >= 15 is 0 Å². The van der Waals surface area contributed by atoms with E-state index in [1.165, 1.54) is 0 Å². The van der Waals surface area contributed by atoms with Gasteiger partial charge in [0.15, 0.2) is 0 Å². The van der Waals surface area contributed by atoms with Crippen LogP contribution in [0.25, 0.3) is 0 Å². The maximum atomic E-state index is 12.1. The Balaban J connectivity index is 1.81. The Bertz CT molecular complexity index is 426. The van der Waals surface area contributed by atoms with Gasteiger partial charge in [-0.3, -0.25) is 15.6 Å². The number of hydrazine groups is 1. The predicted molar refractivity (Wildman–Crippen MR) is 75.7 cm³/mol. The smallest absolute Gasteiger partial charge is 0.241 e. The van der Waals surface area contributed by atoms with Crippen molar-refractivity contribution in [3.63, 3.8) is 0 Å². The van der Waals surface area contributed by atoms with Gasteiger partial charge in [0.05, 0.1) is 11.8 Å². The van der Waals surface area contributed by atoms with Crippen LogP contribution < -0.4 is 10.9 Å². The van der Waals surface area contributed by atoms with Crippen LogP contribution in [0.5, 0.6) is 0 Å². The van der Waals surface area contributed by atoms with Crippen LogP contribution in [-0.2, 0) is 9.53 Å². The summed E-state index contributed by atoms with van der Waals surface area (Å²) in [6.07, 6.45) is 4.07. The van der Waals surface area contributed by atoms with Gasteiger partial charge in [-0.1, -0.05) is 18.2 Å². The van der Waals surface area contributed by atoms with E-state index in [9.17, 15) is 4.79 Å². The summed E-state index contributed by atoms with van der Waals surface area (Å²) in [4.78, 5) is 12.1. The Kier molecular flexibility index (Phi) is 4.80. The molecule has 1 fully saturated rings. The summed E-state index contributed by atoms with van der Waals surface area (Å²) in [5.74, 6) is 0.181. The molecule has 0 unspecified atom stereocenters.